The molecule has 0 unspecified atom stereocenters. The monoisotopic (exact) mass is 145 g/mol. The first-order valence-corrected chi connectivity index (χ1v) is 2.94. The third kappa shape index (κ3) is 4.17. The van der Waals surface area contributed by atoms with E-state index < -0.39 is 5.60 Å². The quantitative estimate of drug-likeness (QED) is 0.587. The Morgan fingerprint density at radius 2 is 2.00 bits per heavy atom. The van der Waals surface area contributed by atoms with Crippen molar-refractivity contribution in [3.63, 3.8) is 0 Å². The van der Waals surface area contributed by atoms with E-state index in [1.165, 1.54) is 0 Å². The third-order valence-corrected chi connectivity index (χ3v) is 0.591. The van der Waals surface area contributed by atoms with Crippen LogP contribution in [-0.2, 0) is 4.84 Å². The highest BCUT2D eigenvalue weighted by Gasteiger charge is 2.11. The maximum atomic E-state index is 10.6. The van der Waals surface area contributed by atoms with Crippen LogP contribution in [0.5, 0.6) is 0 Å². The van der Waals surface area contributed by atoms with E-state index in [1.807, 2.05) is 0 Å². The minimum absolute atomic E-state index is 0.144. The lowest BCUT2D eigenvalue weighted by atomic mass is 10.2. The summed E-state index contributed by atoms with van der Waals surface area (Å²) >= 11 is 0. The summed E-state index contributed by atoms with van der Waals surface area (Å²) in [6, 6.07) is 0. The van der Waals surface area contributed by atoms with E-state index in [0.717, 1.165) is 0 Å². The molecular formula is C6H13N2O2-. The Labute approximate surface area is 60.8 Å². The zero-order valence-corrected chi connectivity index (χ0v) is 6.55. The fraction of sp³-hybridized carbons (Fsp3) is 0.667. The molecule has 0 aromatic heterocycles. The predicted molar refractivity (Wildman–Crippen MR) is 39.4 cm³/mol. The van der Waals surface area contributed by atoms with E-state index in [9.17, 15) is 5.21 Å². The van der Waals surface area contributed by atoms with Gasteiger partial charge in [-0.25, -0.2) is 0 Å². The smallest absolute Gasteiger partial charge is 0.105 e. The van der Waals surface area contributed by atoms with Gasteiger partial charge in [0.15, 0.2) is 0 Å². The van der Waals surface area contributed by atoms with Crippen molar-refractivity contribution in [1.82, 2.24) is 5.23 Å². The highest BCUT2D eigenvalue weighted by molar-refractivity contribution is 4.82. The molecule has 2 N–H and O–H groups in total. The van der Waals surface area contributed by atoms with Crippen LogP contribution in [0.2, 0.25) is 0 Å². The van der Waals surface area contributed by atoms with Crippen molar-refractivity contribution >= 4 is 0 Å². The summed E-state index contributed by atoms with van der Waals surface area (Å²) in [4.78, 5) is 4.75. The highest BCUT2D eigenvalue weighted by atomic mass is 16.9. The molecule has 60 valence electrons. The van der Waals surface area contributed by atoms with Crippen molar-refractivity contribution in [2.45, 2.75) is 26.4 Å². The Hall–Kier alpha value is -0.740. The highest BCUT2D eigenvalue weighted by Crippen LogP contribution is 2.10. The first-order chi connectivity index (χ1) is 4.33. The normalized spacial score (nSPS) is 11.2. The maximum Gasteiger partial charge on any atom is 0.105 e. The number of hydroxylamine groups is 2. The second-order valence-corrected chi connectivity index (χ2v) is 2.95. The molecule has 0 aliphatic heterocycles. The van der Waals surface area contributed by atoms with Crippen LogP contribution in [0.25, 0.3) is 0 Å². The van der Waals surface area contributed by atoms with E-state index in [4.69, 9.17) is 10.6 Å². The molecule has 10 heavy (non-hydrogen) atoms. The van der Waals surface area contributed by atoms with Gasteiger partial charge >= 0.3 is 0 Å². The van der Waals surface area contributed by atoms with Crippen LogP contribution in [0.4, 0.5) is 0 Å². The van der Waals surface area contributed by atoms with E-state index in [0.29, 0.717) is 0 Å². The molecule has 4 heteroatoms. The molecule has 0 spiro atoms. The molecule has 0 aliphatic carbocycles. The topological polar surface area (TPSA) is 61.5 Å². The lowest BCUT2D eigenvalue weighted by Gasteiger charge is -2.34. The van der Waals surface area contributed by atoms with E-state index in [-0.39, 0.29) is 11.0 Å². The van der Waals surface area contributed by atoms with Crippen LogP contribution in [0.15, 0.2) is 12.4 Å². The average Bonchev–Trinajstić information content (AvgIpc) is 1.60. The summed E-state index contributed by atoms with van der Waals surface area (Å²) in [6.07, 6.45) is 0. The minimum Gasteiger partial charge on any atom is -0.732 e. The van der Waals surface area contributed by atoms with Gasteiger partial charge in [-0.15, -0.1) is 0 Å². The third-order valence-electron chi connectivity index (χ3n) is 0.591. The molecule has 0 atom stereocenters. The Morgan fingerprint density at radius 1 is 1.60 bits per heavy atom. The molecule has 0 aromatic carbocycles. The zero-order chi connectivity index (χ0) is 8.36. The van der Waals surface area contributed by atoms with Gasteiger partial charge in [0.25, 0.3) is 0 Å². The molecule has 0 rings (SSSR count). The van der Waals surface area contributed by atoms with Gasteiger partial charge in [-0.2, -0.15) is 0 Å². The van der Waals surface area contributed by atoms with Gasteiger partial charge in [-0.05, 0) is 20.8 Å². The molecule has 0 radical (unpaired) electrons. The van der Waals surface area contributed by atoms with Crippen molar-refractivity contribution in [2.75, 3.05) is 0 Å². The van der Waals surface area contributed by atoms with Gasteiger partial charge in [0, 0.05) is 0 Å². The second kappa shape index (κ2) is 2.90. The van der Waals surface area contributed by atoms with Crippen LogP contribution in [0.1, 0.15) is 20.8 Å². The van der Waals surface area contributed by atoms with Crippen molar-refractivity contribution < 1.29 is 4.84 Å². The molecule has 0 saturated heterocycles. The number of nitrogens with zero attached hydrogens (tertiary/aromatic N) is 1. The first-order valence-electron chi connectivity index (χ1n) is 2.94. The van der Waals surface area contributed by atoms with Gasteiger partial charge in [0.05, 0.1) is 5.60 Å². The van der Waals surface area contributed by atoms with E-state index >= 15 is 0 Å². The van der Waals surface area contributed by atoms with Gasteiger partial charge in [0.1, 0.15) is 5.82 Å². The van der Waals surface area contributed by atoms with Crippen LogP contribution in [-0.4, -0.2) is 10.8 Å². The van der Waals surface area contributed by atoms with Crippen LogP contribution >= 0.6 is 0 Å². The Bertz CT molecular complexity index is 128. The second-order valence-electron chi connectivity index (χ2n) is 2.95. The molecule has 0 fully saturated rings. The predicted octanol–water partition coefficient (Wildman–Crippen LogP) is 0.946. The molecule has 0 heterocycles. The van der Waals surface area contributed by atoms with Crippen LogP contribution in [0.3, 0.4) is 0 Å². The number of hydrogen-bond donors (Lipinski definition) is 1. The number of hydrogen-bond acceptors (Lipinski definition) is 4. The molecule has 0 aliphatic rings. The summed E-state index contributed by atoms with van der Waals surface area (Å²) < 4.78 is 0. The molecule has 0 bridgehead atoms. The maximum absolute atomic E-state index is 10.6. The lowest BCUT2D eigenvalue weighted by molar-refractivity contribution is -0.178. The van der Waals surface area contributed by atoms with Crippen LogP contribution in [0, 0.1) is 5.21 Å². The summed E-state index contributed by atoms with van der Waals surface area (Å²) in [5.74, 6) is -0.144. The first kappa shape index (κ1) is 9.26. The fourth-order valence-corrected chi connectivity index (χ4v) is 0.307. The standard InChI is InChI=1S/C6H13N2O2/c1-5(7)8(9)10-6(2,3)4/h1,7H2,2-4H3/q-1. The minimum atomic E-state index is -0.524. The van der Waals surface area contributed by atoms with Crippen LogP contribution < -0.4 is 5.73 Å². The van der Waals surface area contributed by atoms with E-state index in [2.05, 4.69) is 6.58 Å². The van der Waals surface area contributed by atoms with E-state index in [1.54, 1.807) is 20.8 Å². The van der Waals surface area contributed by atoms with Gasteiger partial charge in [0.2, 0.25) is 0 Å². The number of nitrogens with two attached hydrogens (primary N) is 1. The molecular weight excluding hydrogens is 132 g/mol. The molecule has 0 saturated carbocycles. The summed E-state index contributed by atoms with van der Waals surface area (Å²) in [6.45, 7) is 8.46. The fourth-order valence-electron chi connectivity index (χ4n) is 0.307. The lowest BCUT2D eigenvalue weighted by Crippen LogP contribution is -2.31. The number of rotatable bonds is 2. The Kier molecular flexibility index (Phi) is 2.68. The summed E-state index contributed by atoms with van der Waals surface area (Å²) in [7, 11) is 0. The molecule has 0 aromatic rings. The molecule has 0 amide bonds. The largest absolute Gasteiger partial charge is 0.732 e. The SMILES string of the molecule is C=C(N)N([O-])OC(C)(C)C. The molecule has 4 nitrogen and oxygen atoms in total. The van der Waals surface area contributed by atoms with Crippen molar-refractivity contribution in [3.8, 4) is 0 Å². The summed E-state index contributed by atoms with van der Waals surface area (Å²) in [5, 5.41) is 10.8. The van der Waals surface area contributed by atoms with Gasteiger partial charge < -0.3 is 16.2 Å². The Balaban J connectivity index is 3.80. The zero-order valence-electron chi connectivity index (χ0n) is 6.55. The van der Waals surface area contributed by atoms with Crippen molar-refractivity contribution in [1.29, 1.82) is 0 Å². The van der Waals surface area contributed by atoms with Crippen molar-refractivity contribution in [3.05, 3.63) is 17.6 Å². The van der Waals surface area contributed by atoms with Gasteiger partial charge in [-0.1, -0.05) is 6.58 Å². The Morgan fingerprint density at radius 3 is 2.10 bits per heavy atom. The van der Waals surface area contributed by atoms with Gasteiger partial charge in [-0.3, -0.25) is 4.84 Å². The van der Waals surface area contributed by atoms with Crippen molar-refractivity contribution in [2.24, 2.45) is 5.73 Å². The average molecular weight is 145 g/mol. The summed E-state index contributed by atoms with van der Waals surface area (Å²) in [5.41, 5.74) is 4.51.